The van der Waals surface area contributed by atoms with Crippen LogP contribution in [0.5, 0.6) is 0 Å². The standard InChI is InChI=1S/C17H17Cl2N5/c1-10-15(12-3-2-4-13(18)16(12)19)14(8-21)23-17(22-10)24-6-5-11(7-20)9-24/h2-4,11H,5-7,9,20H2,1H3. The summed E-state index contributed by atoms with van der Waals surface area (Å²) in [5.41, 5.74) is 8.05. The molecule has 2 N–H and O–H groups in total. The molecule has 1 aliphatic rings. The van der Waals surface area contributed by atoms with Crippen molar-refractivity contribution in [2.75, 3.05) is 24.5 Å². The topological polar surface area (TPSA) is 78.8 Å². The number of halogens is 2. The summed E-state index contributed by atoms with van der Waals surface area (Å²) in [4.78, 5) is 11.1. The first-order valence-electron chi connectivity index (χ1n) is 7.73. The molecule has 2 aromatic rings. The molecule has 1 unspecified atom stereocenters. The molecular weight excluding hydrogens is 345 g/mol. The molecule has 5 nitrogen and oxygen atoms in total. The SMILES string of the molecule is Cc1nc(N2CCC(CN)C2)nc(C#N)c1-c1cccc(Cl)c1Cl. The van der Waals surface area contributed by atoms with Gasteiger partial charge in [-0.15, -0.1) is 0 Å². The molecule has 7 heteroatoms. The lowest BCUT2D eigenvalue weighted by atomic mass is 10.0. The molecule has 1 fully saturated rings. The number of anilines is 1. The van der Waals surface area contributed by atoms with Gasteiger partial charge in [-0.25, -0.2) is 9.97 Å². The van der Waals surface area contributed by atoms with Gasteiger partial charge in [0.15, 0.2) is 5.69 Å². The van der Waals surface area contributed by atoms with E-state index < -0.39 is 0 Å². The highest BCUT2D eigenvalue weighted by Gasteiger charge is 2.25. The lowest BCUT2D eigenvalue weighted by Gasteiger charge is -2.18. The third kappa shape index (κ3) is 3.05. The third-order valence-electron chi connectivity index (χ3n) is 4.31. The van der Waals surface area contributed by atoms with Gasteiger partial charge < -0.3 is 10.6 Å². The van der Waals surface area contributed by atoms with Crippen molar-refractivity contribution in [3.8, 4) is 17.2 Å². The maximum Gasteiger partial charge on any atom is 0.226 e. The van der Waals surface area contributed by atoms with Gasteiger partial charge in [0.25, 0.3) is 0 Å². The molecule has 1 aromatic heterocycles. The Kier molecular flexibility index (Phi) is 4.91. The van der Waals surface area contributed by atoms with E-state index in [1.54, 1.807) is 12.1 Å². The summed E-state index contributed by atoms with van der Waals surface area (Å²) in [5, 5.41) is 10.4. The van der Waals surface area contributed by atoms with Crippen LogP contribution < -0.4 is 10.6 Å². The zero-order chi connectivity index (χ0) is 17.3. The van der Waals surface area contributed by atoms with E-state index in [0.717, 1.165) is 19.5 Å². The summed E-state index contributed by atoms with van der Waals surface area (Å²) in [6.07, 6.45) is 1.02. The van der Waals surface area contributed by atoms with Crippen LogP contribution in [0.25, 0.3) is 11.1 Å². The van der Waals surface area contributed by atoms with Gasteiger partial charge in [-0.3, -0.25) is 0 Å². The number of rotatable bonds is 3. The first-order valence-corrected chi connectivity index (χ1v) is 8.48. The number of nitrogens with zero attached hydrogens (tertiary/aromatic N) is 4. The Labute approximate surface area is 151 Å². The van der Waals surface area contributed by atoms with Crippen LogP contribution in [-0.2, 0) is 0 Å². The number of nitrogens with two attached hydrogens (primary N) is 1. The Morgan fingerprint density at radius 3 is 2.83 bits per heavy atom. The second-order valence-electron chi connectivity index (χ2n) is 5.88. The normalized spacial score (nSPS) is 17.1. The maximum absolute atomic E-state index is 9.57. The van der Waals surface area contributed by atoms with Gasteiger partial charge in [0, 0.05) is 24.2 Å². The van der Waals surface area contributed by atoms with Crippen molar-refractivity contribution >= 4 is 29.2 Å². The van der Waals surface area contributed by atoms with Crippen molar-refractivity contribution in [3.05, 3.63) is 39.6 Å². The molecule has 3 rings (SSSR count). The smallest absolute Gasteiger partial charge is 0.226 e. The molecule has 0 amide bonds. The van der Waals surface area contributed by atoms with Crippen LogP contribution >= 0.6 is 23.2 Å². The summed E-state index contributed by atoms with van der Waals surface area (Å²) in [6.45, 7) is 4.17. The van der Waals surface area contributed by atoms with E-state index in [1.165, 1.54) is 0 Å². The summed E-state index contributed by atoms with van der Waals surface area (Å²) < 4.78 is 0. The molecule has 0 radical (unpaired) electrons. The molecule has 1 aromatic carbocycles. The maximum atomic E-state index is 9.57. The Morgan fingerprint density at radius 1 is 1.38 bits per heavy atom. The van der Waals surface area contributed by atoms with Crippen LogP contribution in [0, 0.1) is 24.2 Å². The number of hydrogen-bond acceptors (Lipinski definition) is 5. The monoisotopic (exact) mass is 361 g/mol. The van der Waals surface area contributed by atoms with E-state index in [2.05, 4.69) is 20.9 Å². The van der Waals surface area contributed by atoms with E-state index >= 15 is 0 Å². The molecule has 0 saturated carbocycles. The number of aromatic nitrogens is 2. The average molecular weight is 362 g/mol. The predicted molar refractivity (Wildman–Crippen MR) is 96.3 cm³/mol. The lowest BCUT2D eigenvalue weighted by molar-refractivity contribution is 0.601. The molecular formula is C17H17Cl2N5. The van der Waals surface area contributed by atoms with Crippen LogP contribution in [0.2, 0.25) is 10.0 Å². The zero-order valence-electron chi connectivity index (χ0n) is 13.3. The van der Waals surface area contributed by atoms with Crippen molar-refractivity contribution < 1.29 is 0 Å². The van der Waals surface area contributed by atoms with Crippen molar-refractivity contribution in [1.29, 1.82) is 5.26 Å². The predicted octanol–water partition coefficient (Wildman–Crippen LogP) is 3.42. The average Bonchev–Trinajstić information content (AvgIpc) is 3.06. The lowest BCUT2D eigenvalue weighted by Crippen LogP contribution is -2.25. The highest BCUT2D eigenvalue weighted by atomic mass is 35.5. The fraction of sp³-hybridized carbons (Fsp3) is 0.353. The Hall–Kier alpha value is -1.87. The molecule has 1 saturated heterocycles. The molecule has 1 atom stereocenters. The summed E-state index contributed by atoms with van der Waals surface area (Å²) in [7, 11) is 0. The minimum Gasteiger partial charge on any atom is -0.340 e. The van der Waals surface area contributed by atoms with Gasteiger partial charge >= 0.3 is 0 Å². The number of benzene rings is 1. The first-order chi connectivity index (χ1) is 11.5. The fourth-order valence-electron chi connectivity index (χ4n) is 3.01. The van der Waals surface area contributed by atoms with E-state index in [9.17, 15) is 5.26 Å². The molecule has 24 heavy (non-hydrogen) atoms. The van der Waals surface area contributed by atoms with Crippen LogP contribution in [0.15, 0.2) is 18.2 Å². The van der Waals surface area contributed by atoms with Gasteiger partial charge in [-0.05, 0) is 31.9 Å². The van der Waals surface area contributed by atoms with E-state index in [1.807, 2.05) is 13.0 Å². The number of nitriles is 1. The second kappa shape index (κ2) is 6.94. The van der Waals surface area contributed by atoms with Crippen LogP contribution in [0.1, 0.15) is 17.8 Å². The van der Waals surface area contributed by atoms with Crippen LogP contribution in [0.4, 0.5) is 5.95 Å². The Bertz CT molecular complexity index is 815. The highest BCUT2D eigenvalue weighted by molar-refractivity contribution is 6.43. The zero-order valence-corrected chi connectivity index (χ0v) is 14.8. The Morgan fingerprint density at radius 2 is 2.17 bits per heavy atom. The van der Waals surface area contributed by atoms with Gasteiger partial charge in [0.1, 0.15) is 6.07 Å². The van der Waals surface area contributed by atoms with Gasteiger partial charge in [-0.1, -0.05) is 35.3 Å². The number of aryl methyl sites for hydroxylation is 1. The Balaban J connectivity index is 2.07. The summed E-state index contributed by atoms with van der Waals surface area (Å²) in [6, 6.07) is 7.49. The molecule has 1 aliphatic heterocycles. The second-order valence-corrected chi connectivity index (χ2v) is 6.67. The quantitative estimate of drug-likeness (QED) is 0.905. The molecule has 0 bridgehead atoms. The largest absolute Gasteiger partial charge is 0.340 e. The first kappa shape index (κ1) is 17.0. The summed E-state index contributed by atoms with van der Waals surface area (Å²) in [5.74, 6) is 1.02. The van der Waals surface area contributed by atoms with Gasteiger partial charge in [0.2, 0.25) is 5.95 Å². The molecule has 2 heterocycles. The van der Waals surface area contributed by atoms with Crippen molar-refractivity contribution in [2.45, 2.75) is 13.3 Å². The minimum absolute atomic E-state index is 0.304. The van der Waals surface area contributed by atoms with Crippen molar-refractivity contribution in [3.63, 3.8) is 0 Å². The highest BCUT2D eigenvalue weighted by Crippen LogP contribution is 2.36. The molecule has 0 spiro atoms. The van der Waals surface area contributed by atoms with Gasteiger partial charge in [-0.2, -0.15) is 5.26 Å². The van der Waals surface area contributed by atoms with Crippen molar-refractivity contribution in [2.24, 2.45) is 11.7 Å². The van der Waals surface area contributed by atoms with E-state index in [4.69, 9.17) is 28.9 Å². The molecule has 0 aliphatic carbocycles. The van der Waals surface area contributed by atoms with E-state index in [0.29, 0.717) is 51.0 Å². The number of hydrogen-bond donors (Lipinski definition) is 1. The van der Waals surface area contributed by atoms with E-state index in [-0.39, 0.29) is 0 Å². The van der Waals surface area contributed by atoms with Crippen LogP contribution in [-0.4, -0.2) is 29.6 Å². The minimum atomic E-state index is 0.304. The van der Waals surface area contributed by atoms with Gasteiger partial charge in [0.05, 0.1) is 15.7 Å². The van der Waals surface area contributed by atoms with Crippen LogP contribution in [0.3, 0.4) is 0 Å². The summed E-state index contributed by atoms with van der Waals surface area (Å²) >= 11 is 12.4. The fourth-order valence-corrected chi connectivity index (χ4v) is 3.40. The third-order valence-corrected chi connectivity index (χ3v) is 5.13. The molecule has 124 valence electrons. The van der Waals surface area contributed by atoms with Crippen molar-refractivity contribution in [1.82, 2.24) is 9.97 Å².